The Balaban J connectivity index is 1.98. The second-order valence-corrected chi connectivity index (χ2v) is 8.41. The molecule has 1 aromatic rings. The first kappa shape index (κ1) is 22.2. The van der Waals surface area contributed by atoms with Crippen LogP contribution in [0.15, 0.2) is 29.2 Å². The van der Waals surface area contributed by atoms with Crippen molar-refractivity contribution in [1.82, 2.24) is 19.8 Å². The molecule has 1 unspecified atom stereocenters. The zero-order valence-electron chi connectivity index (χ0n) is 15.9. The molecule has 9 nitrogen and oxygen atoms in total. The van der Waals surface area contributed by atoms with Gasteiger partial charge in [0.2, 0.25) is 10.0 Å². The highest BCUT2D eigenvalue weighted by molar-refractivity contribution is 7.89. The molecule has 0 aliphatic carbocycles. The van der Waals surface area contributed by atoms with Crippen molar-refractivity contribution < 1.29 is 27.1 Å². The third kappa shape index (κ3) is 5.96. The molecule has 28 heavy (non-hydrogen) atoms. The van der Waals surface area contributed by atoms with E-state index >= 15 is 0 Å². The number of likely N-dealkylation sites (N-methyl/N-ethyl adjacent to an activating group) is 1. The van der Waals surface area contributed by atoms with Gasteiger partial charge in [-0.3, -0.25) is 9.59 Å². The van der Waals surface area contributed by atoms with Crippen molar-refractivity contribution in [3.63, 3.8) is 0 Å². The molecule has 1 aliphatic heterocycles. The minimum absolute atomic E-state index is 0.0721. The SMILES string of the molecule is CN(C)CCNC(=O)C(=O)NCC1OCCCN1S(=O)(=O)c1ccc(F)cc1. The highest BCUT2D eigenvalue weighted by Gasteiger charge is 2.34. The van der Waals surface area contributed by atoms with Gasteiger partial charge in [0, 0.05) is 19.6 Å². The van der Waals surface area contributed by atoms with Gasteiger partial charge in [-0.1, -0.05) is 0 Å². The molecule has 1 aliphatic rings. The minimum Gasteiger partial charge on any atom is -0.360 e. The summed E-state index contributed by atoms with van der Waals surface area (Å²) in [7, 11) is -0.263. The van der Waals surface area contributed by atoms with Crippen LogP contribution in [0.4, 0.5) is 4.39 Å². The van der Waals surface area contributed by atoms with Gasteiger partial charge in [-0.05, 0) is 44.8 Å². The zero-order chi connectivity index (χ0) is 20.7. The Morgan fingerprint density at radius 2 is 1.86 bits per heavy atom. The van der Waals surface area contributed by atoms with Crippen LogP contribution < -0.4 is 10.6 Å². The molecule has 2 rings (SSSR count). The quantitative estimate of drug-likeness (QED) is 0.573. The minimum atomic E-state index is -3.94. The van der Waals surface area contributed by atoms with E-state index in [1.54, 1.807) is 0 Å². The maximum atomic E-state index is 13.1. The van der Waals surface area contributed by atoms with E-state index in [2.05, 4.69) is 10.6 Å². The molecular formula is C17H25FN4O5S. The molecule has 0 spiro atoms. The van der Waals surface area contributed by atoms with Gasteiger partial charge in [-0.25, -0.2) is 12.8 Å². The normalized spacial score (nSPS) is 18.1. The van der Waals surface area contributed by atoms with E-state index in [0.717, 1.165) is 16.4 Å². The summed E-state index contributed by atoms with van der Waals surface area (Å²) in [6, 6.07) is 4.47. The lowest BCUT2D eigenvalue weighted by Crippen LogP contribution is -2.53. The van der Waals surface area contributed by atoms with Crippen LogP contribution in [0.2, 0.25) is 0 Å². The largest absolute Gasteiger partial charge is 0.360 e. The lowest BCUT2D eigenvalue weighted by molar-refractivity contribution is -0.140. The van der Waals surface area contributed by atoms with Crippen LogP contribution >= 0.6 is 0 Å². The molecule has 1 aromatic carbocycles. The van der Waals surface area contributed by atoms with Crippen molar-refractivity contribution in [1.29, 1.82) is 0 Å². The van der Waals surface area contributed by atoms with Crippen LogP contribution in [0.25, 0.3) is 0 Å². The van der Waals surface area contributed by atoms with Gasteiger partial charge in [-0.2, -0.15) is 4.31 Å². The average molecular weight is 416 g/mol. The molecule has 0 aromatic heterocycles. The van der Waals surface area contributed by atoms with Gasteiger partial charge in [0.15, 0.2) is 0 Å². The Bertz CT molecular complexity index is 785. The van der Waals surface area contributed by atoms with Crippen LogP contribution in [0.3, 0.4) is 0 Å². The summed E-state index contributed by atoms with van der Waals surface area (Å²) in [5, 5.41) is 4.87. The molecule has 11 heteroatoms. The summed E-state index contributed by atoms with van der Waals surface area (Å²) in [4.78, 5) is 25.5. The molecule has 0 saturated carbocycles. The summed E-state index contributed by atoms with van der Waals surface area (Å²) in [5.41, 5.74) is 0. The fourth-order valence-corrected chi connectivity index (χ4v) is 4.14. The number of benzene rings is 1. The molecule has 2 amide bonds. The Hall–Kier alpha value is -2.08. The summed E-state index contributed by atoms with van der Waals surface area (Å²) >= 11 is 0. The maximum absolute atomic E-state index is 13.1. The standard InChI is InChI=1S/C17H25FN4O5S/c1-21(2)10-8-19-16(23)17(24)20-12-15-22(9-3-11-27-15)28(25,26)14-6-4-13(18)5-7-14/h4-7,15H,3,8-12H2,1-2H3,(H,19,23)(H,20,24). The van der Waals surface area contributed by atoms with Crippen molar-refractivity contribution in [3.8, 4) is 0 Å². The van der Waals surface area contributed by atoms with E-state index in [-0.39, 0.29) is 18.0 Å². The van der Waals surface area contributed by atoms with Gasteiger partial charge in [-0.15, -0.1) is 0 Å². The molecule has 1 heterocycles. The van der Waals surface area contributed by atoms with Crippen LogP contribution in [-0.4, -0.2) is 82.5 Å². The number of carbonyl (C=O) groups is 2. The van der Waals surface area contributed by atoms with Crippen LogP contribution in [0.1, 0.15) is 6.42 Å². The number of hydrogen-bond donors (Lipinski definition) is 2. The second kappa shape index (κ2) is 9.92. The highest BCUT2D eigenvalue weighted by Crippen LogP contribution is 2.22. The van der Waals surface area contributed by atoms with Gasteiger partial charge in [0.1, 0.15) is 12.0 Å². The zero-order valence-corrected chi connectivity index (χ0v) is 16.7. The van der Waals surface area contributed by atoms with E-state index < -0.39 is 33.9 Å². The topological polar surface area (TPSA) is 108 Å². The number of sulfonamides is 1. The number of halogens is 1. The number of carbonyl (C=O) groups excluding carboxylic acids is 2. The van der Waals surface area contributed by atoms with Crippen molar-refractivity contribution in [2.24, 2.45) is 0 Å². The number of nitrogens with one attached hydrogen (secondary N) is 2. The molecule has 1 fully saturated rings. The van der Waals surface area contributed by atoms with Gasteiger partial charge < -0.3 is 20.3 Å². The number of nitrogens with zero attached hydrogens (tertiary/aromatic N) is 2. The first-order valence-corrected chi connectivity index (χ1v) is 10.3. The fraction of sp³-hybridized carbons (Fsp3) is 0.529. The smallest absolute Gasteiger partial charge is 0.309 e. The predicted octanol–water partition coefficient (Wildman–Crippen LogP) is -0.643. The number of ether oxygens (including phenoxy) is 1. The van der Waals surface area contributed by atoms with Crippen molar-refractivity contribution in [2.75, 3.05) is 46.9 Å². The summed E-state index contributed by atoms with van der Waals surface area (Å²) < 4.78 is 45.3. The molecule has 1 atom stereocenters. The number of rotatable bonds is 7. The Kier molecular flexibility index (Phi) is 7.87. The van der Waals surface area contributed by atoms with Crippen molar-refractivity contribution >= 4 is 21.8 Å². The molecule has 0 radical (unpaired) electrons. The summed E-state index contributed by atoms with van der Waals surface area (Å²) in [6.07, 6.45) is -0.474. The Morgan fingerprint density at radius 3 is 2.50 bits per heavy atom. The molecule has 0 bridgehead atoms. The lowest BCUT2D eigenvalue weighted by atomic mass is 10.3. The van der Waals surface area contributed by atoms with Gasteiger partial charge in [0.05, 0.1) is 18.0 Å². The molecule has 2 N–H and O–H groups in total. The number of amides is 2. The van der Waals surface area contributed by atoms with E-state index in [1.807, 2.05) is 19.0 Å². The van der Waals surface area contributed by atoms with Crippen LogP contribution in [0.5, 0.6) is 0 Å². The first-order valence-electron chi connectivity index (χ1n) is 8.81. The molecular weight excluding hydrogens is 391 g/mol. The Labute approximate surface area is 163 Å². The van der Waals surface area contributed by atoms with E-state index in [0.29, 0.717) is 26.1 Å². The number of hydrogen-bond acceptors (Lipinski definition) is 6. The van der Waals surface area contributed by atoms with Gasteiger partial charge >= 0.3 is 11.8 Å². The molecule has 1 saturated heterocycles. The second-order valence-electron chi connectivity index (χ2n) is 6.52. The van der Waals surface area contributed by atoms with Crippen molar-refractivity contribution in [2.45, 2.75) is 17.5 Å². The third-order valence-corrected chi connectivity index (χ3v) is 5.97. The Morgan fingerprint density at radius 1 is 1.21 bits per heavy atom. The predicted molar refractivity (Wildman–Crippen MR) is 99.2 cm³/mol. The lowest BCUT2D eigenvalue weighted by Gasteiger charge is -2.34. The third-order valence-electron chi connectivity index (χ3n) is 4.06. The summed E-state index contributed by atoms with van der Waals surface area (Å²) in [6.45, 7) is 1.22. The first-order chi connectivity index (χ1) is 13.2. The van der Waals surface area contributed by atoms with E-state index in [1.165, 1.54) is 12.1 Å². The fourth-order valence-electron chi connectivity index (χ4n) is 2.58. The molecule has 156 valence electrons. The van der Waals surface area contributed by atoms with E-state index in [4.69, 9.17) is 4.74 Å². The van der Waals surface area contributed by atoms with E-state index in [9.17, 15) is 22.4 Å². The van der Waals surface area contributed by atoms with Crippen molar-refractivity contribution in [3.05, 3.63) is 30.1 Å². The highest BCUT2D eigenvalue weighted by atomic mass is 32.2. The maximum Gasteiger partial charge on any atom is 0.309 e. The van der Waals surface area contributed by atoms with Gasteiger partial charge in [0.25, 0.3) is 0 Å². The van der Waals surface area contributed by atoms with Crippen LogP contribution in [-0.2, 0) is 24.3 Å². The summed E-state index contributed by atoms with van der Waals surface area (Å²) in [5.74, 6) is -2.21. The monoisotopic (exact) mass is 416 g/mol. The average Bonchev–Trinajstić information content (AvgIpc) is 2.66. The van der Waals surface area contributed by atoms with Crippen LogP contribution in [0, 0.1) is 5.82 Å².